The molecule has 0 aromatic carbocycles. The van der Waals surface area contributed by atoms with E-state index in [1.807, 2.05) is 0 Å². The predicted octanol–water partition coefficient (Wildman–Crippen LogP) is 2.49. The van der Waals surface area contributed by atoms with E-state index in [4.69, 9.17) is 0 Å². The highest BCUT2D eigenvalue weighted by molar-refractivity contribution is 5.85. The van der Waals surface area contributed by atoms with E-state index in [0.29, 0.717) is 6.04 Å². The van der Waals surface area contributed by atoms with Crippen LogP contribution in [0.5, 0.6) is 0 Å². The van der Waals surface area contributed by atoms with Crippen LogP contribution in [0.15, 0.2) is 0 Å². The first-order valence-corrected chi connectivity index (χ1v) is 7.27. The van der Waals surface area contributed by atoms with Crippen LogP contribution < -0.4 is 10.6 Å². The fourth-order valence-electron chi connectivity index (χ4n) is 3.16. The van der Waals surface area contributed by atoms with Crippen LogP contribution in [0.25, 0.3) is 0 Å². The zero-order valence-corrected chi connectivity index (χ0v) is 12.2. The van der Waals surface area contributed by atoms with Crippen LogP contribution in [0.4, 0.5) is 0 Å². The quantitative estimate of drug-likeness (QED) is 0.827. The first-order valence-electron chi connectivity index (χ1n) is 7.27. The van der Waals surface area contributed by atoms with Gasteiger partial charge < -0.3 is 10.6 Å². The van der Waals surface area contributed by atoms with E-state index in [-0.39, 0.29) is 24.2 Å². The summed E-state index contributed by atoms with van der Waals surface area (Å²) in [6, 6.07) is 0.412. The Kier molecular flexibility index (Phi) is 7.02. The molecule has 2 fully saturated rings. The topological polar surface area (TPSA) is 41.1 Å². The second-order valence-corrected chi connectivity index (χ2v) is 5.82. The highest BCUT2D eigenvalue weighted by atomic mass is 35.5. The number of hydrogen-bond acceptors (Lipinski definition) is 2. The van der Waals surface area contributed by atoms with Crippen molar-refractivity contribution in [2.24, 2.45) is 11.8 Å². The van der Waals surface area contributed by atoms with Crippen LogP contribution in [0.1, 0.15) is 51.9 Å². The van der Waals surface area contributed by atoms with Crippen LogP contribution in [0, 0.1) is 11.8 Å². The number of carbonyl (C=O) groups excluding carboxylic acids is 1. The van der Waals surface area contributed by atoms with Crippen LogP contribution in [0.2, 0.25) is 0 Å². The average Bonchev–Trinajstić information content (AvgIpc) is 2.83. The molecular weight excluding hydrogens is 248 g/mol. The van der Waals surface area contributed by atoms with Gasteiger partial charge in [0.25, 0.3) is 0 Å². The van der Waals surface area contributed by atoms with Crippen molar-refractivity contribution in [3.8, 4) is 0 Å². The Hall–Kier alpha value is -0.280. The molecule has 1 unspecified atom stereocenters. The maximum atomic E-state index is 12.1. The highest BCUT2D eigenvalue weighted by Crippen LogP contribution is 2.30. The summed E-state index contributed by atoms with van der Waals surface area (Å²) in [7, 11) is 0. The Labute approximate surface area is 117 Å². The summed E-state index contributed by atoms with van der Waals surface area (Å²) in [4.78, 5) is 12.1. The molecular formula is C14H27ClN2O. The van der Waals surface area contributed by atoms with Crippen LogP contribution in [0.3, 0.4) is 0 Å². The van der Waals surface area contributed by atoms with Crippen LogP contribution in [-0.4, -0.2) is 25.0 Å². The minimum Gasteiger partial charge on any atom is -0.353 e. The zero-order valence-electron chi connectivity index (χ0n) is 11.4. The number of nitrogens with one attached hydrogen (secondary N) is 2. The fourth-order valence-corrected chi connectivity index (χ4v) is 3.16. The molecule has 1 amide bonds. The molecule has 0 bridgehead atoms. The maximum Gasteiger partial charge on any atom is 0.223 e. The lowest BCUT2D eigenvalue weighted by atomic mass is 9.93. The van der Waals surface area contributed by atoms with Gasteiger partial charge in [-0.3, -0.25) is 4.79 Å². The van der Waals surface area contributed by atoms with Gasteiger partial charge in [-0.25, -0.2) is 0 Å². The minimum atomic E-state index is 0. The number of amides is 1. The molecule has 1 aliphatic heterocycles. The molecule has 0 spiro atoms. The lowest BCUT2D eigenvalue weighted by molar-refractivity contribution is -0.125. The van der Waals surface area contributed by atoms with Gasteiger partial charge in [0, 0.05) is 12.0 Å². The Bertz CT molecular complexity index is 248. The number of rotatable bonds is 4. The van der Waals surface area contributed by atoms with Crippen molar-refractivity contribution in [2.75, 3.05) is 13.1 Å². The molecule has 18 heavy (non-hydrogen) atoms. The molecule has 1 heterocycles. The van der Waals surface area contributed by atoms with Crippen molar-refractivity contribution in [1.29, 1.82) is 0 Å². The third-order valence-corrected chi connectivity index (χ3v) is 4.29. The summed E-state index contributed by atoms with van der Waals surface area (Å²) in [5, 5.41) is 6.54. The van der Waals surface area contributed by atoms with Crippen LogP contribution in [-0.2, 0) is 4.79 Å². The van der Waals surface area contributed by atoms with Gasteiger partial charge >= 0.3 is 0 Å². The average molecular weight is 275 g/mol. The number of carbonyl (C=O) groups is 1. The smallest absolute Gasteiger partial charge is 0.223 e. The second kappa shape index (κ2) is 8.00. The first-order chi connectivity index (χ1) is 8.25. The van der Waals surface area contributed by atoms with E-state index < -0.39 is 0 Å². The first kappa shape index (κ1) is 15.8. The molecule has 2 rings (SSSR count). The van der Waals surface area contributed by atoms with E-state index in [1.54, 1.807) is 0 Å². The summed E-state index contributed by atoms with van der Waals surface area (Å²) < 4.78 is 0. The van der Waals surface area contributed by atoms with Gasteiger partial charge in [0.2, 0.25) is 5.91 Å². The van der Waals surface area contributed by atoms with E-state index in [2.05, 4.69) is 17.6 Å². The third-order valence-electron chi connectivity index (χ3n) is 4.29. The molecule has 0 radical (unpaired) electrons. The molecule has 3 nitrogen and oxygen atoms in total. The molecule has 2 N–H and O–H groups in total. The van der Waals surface area contributed by atoms with Gasteiger partial charge in [0.05, 0.1) is 0 Å². The molecule has 1 atom stereocenters. The summed E-state index contributed by atoms with van der Waals surface area (Å²) >= 11 is 0. The van der Waals surface area contributed by atoms with Gasteiger partial charge in [0.1, 0.15) is 0 Å². The predicted molar refractivity (Wildman–Crippen MR) is 77.0 cm³/mol. The van der Waals surface area contributed by atoms with Gasteiger partial charge in [-0.2, -0.15) is 0 Å². The SMILES string of the molecule is CC(CC1CCCC1)C(=O)NC1CCNCC1.Cl. The summed E-state index contributed by atoms with van der Waals surface area (Å²) in [6.45, 7) is 4.18. The van der Waals surface area contributed by atoms with Gasteiger partial charge in [-0.1, -0.05) is 32.6 Å². The van der Waals surface area contributed by atoms with Crippen molar-refractivity contribution in [2.45, 2.75) is 57.9 Å². The Morgan fingerprint density at radius 2 is 1.83 bits per heavy atom. The molecule has 1 saturated heterocycles. The third kappa shape index (κ3) is 4.77. The van der Waals surface area contributed by atoms with Crippen molar-refractivity contribution < 1.29 is 4.79 Å². The number of hydrogen-bond donors (Lipinski definition) is 2. The normalized spacial score (nSPS) is 23.4. The highest BCUT2D eigenvalue weighted by Gasteiger charge is 2.23. The largest absolute Gasteiger partial charge is 0.353 e. The van der Waals surface area contributed by atoms with E-state index in [1.165, 1.54) is 25.7 Å². The minimum absolute atomic E-state index is 0. The standard InChI is InChI=1S/C14H26N2O.ClH/c1-11(10-12-4-2-3-5-12)14(17)16-13-6-8-15-9-7-13;/h11-13,15H,2-10H2,1H3,(H,16,17);1H. The summed E-state index contributed by atoms with van der Waals surface area (Å²) in [6.07, 6.45) is 8.68. The van der Waals surface area contributed by atoms with Crippen molar-refractivity contribution in [1.82, 2.24) is 10.6 Å². The molecule has 1 saturated carbocycles. The molecule has 4 heteroatoms. The summed E-state index contributed by atoms with van der Waals surface area (Å²) in [5.74, 6) is 1.29. The number of halogens is 1. The lowest BCUT2D eigenvalue weighted by Crippen LogP contribution is -2.44. The van der Waals surface area contributed by atoms with Gasteiger partial charge in [0.15, 0.2) is 0 Å². The molecule has 1 aliphatic carbocycles. The molecule has 2 aliphatic rings. The van der Waals surface area contributed by atoms with Gasteiger partial charge in [-0.05, 0) is 38.3 Å². The van der Waals surface area contributed by atoms with Gasteiger partial charge in [-0.15, -0.1) is 12.4 Å². The Morgan fingerprint density at radius 1 is 1.22 bits per heavy atom. The zero-order chi connectivity index (χ0) is 12.1. The molecule has 0 aromatic rings. The van der Waals surface area contributed by atoms with Crippen molar-refractivity contribution in [3.63, 3.8) is 0 Å². The Morgan fingerprint density at radius 3 is 2.44 bits per heavy atom. The Balaban J connectivity index is 0.00000162. The van der Waals surface area contributed by atoms with E-state index in [9.17, 15) is 4.79 Å². The van der Waals surface area contributed by atoms with Crippen LogP contribution >= 0.6 is 12.4 Å². The van der Waals surface area contributed by atoms with E-state index >= 15 is 0 Å². The monoisotopic (exact) mass is 274 g/mol. The molecule has 106 valence electrons. The summed E-state index contributed by atoms with van der Waals surface area (Å²) in [5.41, 5.74) is 0. The second-order valence-electron chi connectivity index (χ2n) is 5.82. The lowest BCUT2D eigenvalue weighted by Gasteiger charge is -2.25. The number of piperidine rings is 1. The van der Waals surface area contributed by atoms with Crippen molar-refractivity contribution in [3.05, 3.63) is 0 Å². The maximum absolute atomic E-state index is 12.1. The molecule has 0 aromatic heterocycles. The van der Waals surface area contributed by atoms with E-state index in [0.717, 1.165) is 38.3 Å². The fraction of sp³-hybridized carbons (Fsp3) is 0.929. The van der Waals surface area contributed by atoms with Crippen molar-refractivity contribution >= 4 is 18.3 Å².